The molecule has 0 radical (unpaired) electrons. The van der Waals surface area contributed by atoms with Crippen molar-refractivity contribution < 1.29 is 9.59 Å². The summed E-state index contributed by atoms with van der Waals surface area (Å²) < 4.78 is 0. The summed E-state index contributed by atoms with van der Waals surface area (Å²) in [5.41, 5.74) is 4.61. The van der Waals surface area contributed by atoms with Crippen LogP contribution in [0.15, 0.2) is 60.3 Å². The molecule has 5 nitrogen and oxygen atoms in total. The zero-order valence-corrected chi connectivity index (χ0v) is 16.4. The van der Waals surface area contributed by atoms with Crippen molar-refractivity contribution in [2.45, 2.75) is 32.1 Å². The highest BCUT2D eigenvalue weighted by atomic mass is 16.2. The van der Waals surface area contributed by atoms with Gasteiger partial charge in [0.25, 0.3) is 0 Å². The van der Waals surface area contributed by atoms with Crippen molar-refractivity contribution in [3.63, 3.8) is 0 Å². The van der Waals surface area contributed by atoms with E-state index in [-0.39, 0.29) is 11.8 Å². The molecule has 0 aliphatic carbocycles. The first-order valence-corrected chi connectivity index (χ1v) is 10.1. The van der Waals surface area contributed by atoms with Crippen LogP contribution in [0.3, 0.4) is 0 Å². The van der Waals surface area contributed by atoms with Crippen LogP contribution >= 0.6 is 0 Å². The molecule has 0 spiro atoms. The van der Waals surface area contributed by atoms with E-state index in [2.05, 4.69) is 40.6 Å². The summed E-state index contributed by atoms with van der Waals surface area (Å²) >= 11 is 0. The van der Waals surface area contributed by atoms with Gasteiger partial charge in [-0.3, -0.25) is 9.59 Å². The van der Waals surface area contributed by atoms with Crippen molar-refractivity contribution >= 4 is 23.7 Å². The van der Waals surface area contributed by atoms with E-state index in [1.807, 2.05) is 23.1 Å². The maximum atomic E-state index is 12.7. The van der Waals surface area contributed by atoms with Crippen LogP contribution in [0.25, 0.3) is 6.08 Å². The predicted octanol–water partition coefficient (Wildman–Crippen LogP) is 3.77. The number of carbonyl (C=O) groups excluding carboxylic acids is 2. The van der Waals surface area contributed by atoms with Crippen LogP contribution in [0.5, 0.6) is 0 Å². The highest BCUT2D eigenvalue weighted by molar-refractivity contribution is 5.93. The summed E-state index contributed by atoms with van der Waals surface area (Å²) in [6.07, 6.45) is 11.5. The number of nitrogens with one attached hydrogen (secondary N) is 1. The summed E-state index contributed by atoms with van der Waals surface area (Å²) in [7, 11) is 0. The van der Waals surface area contributed by atoms with Crippen LogP contribution in [0.2, 0.25) is 0 Å². The molecule has 1 N–H and O–H groups in total. The van der Waals surface area contributed by atoms with Gasteiger partial charge in [-0.05, 0) is 54.5 Å². The van der Waals surface area contributed by atoms with E-state index in [1.54, 1.807) is 12.3 Å². The average molecular weight is 387 g/mol. The number of aromatic nitrogens is 1. The number of hydrogen-bond donors (Lipinski definition) is 1. The molecule has 29 heavy (non-hydrogen) atoms. The lowest BCUT2D eigenvalue weighted by Gasteiger charge is -2.17. The monoisotopic (exact) mass is 387 g/mol. The molecule has 3 heterocycles. The third-order valence-corrected chi connectivity index (χ3v) is 5.40. The summed E-state index contributed by atoms with van der Waals surface area (Å²) in [5.74, 6) is 0.658. The van der Waals surface area contributed by atoms with Crippen LogP contribution in [0.1, 0.15) is 36.0 Å². The van der Waals surface area contributed by atoms with Gasteiger partial charge in [0.05, 0.1) is 0 Å². The molecule has 148 valence electrons. The Balaban J connectivity index is 1.37. The van der Waals surface area contributed by atoms with Gasteiger partial charge in [0.15, 0.2) is 0 Å². The molecule has 0 fully saturated rings. The molecule has 1 aromatic carbocycles. The zero-order chi connectivity index (χ0) is 20.1. The maximum absolute atomic E-state index is 12.7. The van der Waals surface area contributed by atoms with Crippen LogP contribution < -0.4 is 5.32 Å². The van der Waals surface area contributed by atoms with Gasteiger partial charge < -0.3 is 10.2 Å². The number of anilines is 1. The SMILES string of the molecule is O=C1CCc2cc(/C=C/C(=O)N3CC=C(Cc4ccccc4)CCC3)cnc2N1. The maximum Gasteiger partial charge on any atom is 0.246 e. The number of nitrogens with zero attached hydrogens (tertiary/aromatic N) is 2. The number of rotatable bonds is 4. The smallest absolute Gasteiger partial charge is 0.246 e. The fraction of sp³-hybridized carbons (Fsp3) is 0.292. The first-order valence-electron chi connectivity index (χ1n) is 10.1. The molecule has 0 saturated heterocycles. The zero-order valence-electron chi connectivity index (χ0n) is 16.4. The third-order valence-electron chi connectivity index (χ3n) is 5.40. The highest BCUT2D eigenvalue weighted by Crippen LogP contribution is 2.21. The Hall–Kier alpha value is -3.21. The largest absolute Gasteiger partial charge is 0.335 e. The Morgan fingerprint density at radius 1 is 1.17 bits per heavy atom. The van der Waals surface area contributed by atoms with Crippen molar-refractivity contribution in [3.05, 3.63) is 77.0 Å². The molecule has 0 bridgehead atoms. The Kier molecular flexibility index (Phi) is 5.84. The summed E-state index contributed by atoms with van der Waals surface area (Å²) in [6.45, 7) is 1.42. The Morgan fingerprint density at radius 2 is 2.03 bits per heavy atom. The summed E-state index contributed by atoms with van der Waals surface area (Å²) in [5, 5.41) is 2.78. The van der Waals surface area contributed by atoms with Crippen molar-refractivity contribution in [2.24, 2.45) is 0 Å². The standard InChI is InChI=1S/C24H25N3O2/c28-22-10-9-21-16-20(17-25-24(21)26-22)8-11-23(29)27-13-4-7-19(12-14-27)15-18-5-2-1-3-6-18/h1-3,5-6,8,11-12,16-17H,4,7,9-10,13-15H2,(H,25,26,28)/b11-8+. The van der Waals surface area contributed by atoms with Gasteiger partial charge in [-0.15, -0.1) is 0 Å². The minimum Gasteiger partial charge on any atom is -0.335 e. The van der Waals surface area contributed by atoms with Gasteiger partial charge in [0.2, 0.25) is 11.8 Å². The van der Waals surface area contributed by atoms with Crippen molar-refractivity contribution in [2.75, 3.05) is 18.4 Å². The molecule has 2 amide bonds. The molecular weight excluding hydrogens is 362 g/mol. The number of pyridine rings is 1. The van der Waals surface area contributed by atoms with Gasteiger partial charge in [0.1, 0.15) is 5.82 Å². The predicted molar refractivity (Wildman–Crippen MR) is 114 cm³/mol. The van der Waals surface area contributed by atoms with Gasteiger partial charge in [0, 0.05) is 31.8 Å². The van der Waals surface area contributed by atoms with E-state index in [0.717, 1.165) is 36.9 Å². The Labute approximate surface area is 171 Å². The van der Waals surface area contributed by atoms with Crippen molar-refractivity contribution in [1.82, 2.24) is 9.88 Å². The molecule has 5 heteroatoms. The fourth-order valence-electron chi connectivity index (χ4n) is 3.79. The van der Waals surface area contributed by atoms with E-state index in [1.165, 1.54) is 11.1 Å². The fourth-order valence-corrected chi connectivity index (χ4v) is 3.79. The van der Waals surface area contributed by atoms with Crippen LogP contribution in [-0.2, 0) is 22.4 Å². The van der Waals surface area contributed by atoms with Crippen LogP contribution in [0.4, 0.5) is 5.82 Å². The molecule has 2 aliphatic heterocycles. The minimum atomic E-state index is 0.00400. The molecule has 2 aliphatic rings. The molecular formula is C24H25N3O2. The van der Waals surface area contributed by atoms with Crippen LogP contribution in [0, 0.1) is 0 Å². The van der Waals surface area contributed by atoms with Crippen molar-refractivity contribution in [3.8, 4) is 0 Å². The molecule has 2 aromatic rings. The molecule has 0 unspecified atom stereocenters. The normalized spacial score (nSPS) is 16.8. The van der Waals surface area contributed by atoms with E-state index in [4.69, 9.17) is 0 Å². The van der Waals surface area contributed by atoms with E-state index < -0.39 is 0 Å². The Bertz CT molecular complexity index is 963. The lowest BCUT2D eigenvalue weighted by molar-refractivity contribution is -0.125. The van der Waals surface area contributed by atoms with Gasteiger partial charge in [-0.2, -0.15) is 0 Å². The minimum absolute atomic E-state index is 0.00400. The number of fused-ring (bicyclic) bond motifs is 1. The van der Waals surface area contributed by atoms with E-state index in [9.17, 15) is 9.59 Å². The van der Waals surface area contributed by atoms with E-state index in [0.29, 0.717) is 25.2 Å². The number of aryl methyl sites for hydroxylation is 1. The number of benzene rings is 1. The molecule has 1 aromatic heterocycles. The third kappa shape index (κ3) is 4.99. The van der Waals surface area contributed by atoms with Gasteiger partial charge >= 0.3 is 0 Å². The quantitative estimate of drug-likeness (QED) is 0.642. The number of allylic oxidation sites excluding steroid dienone is 1. The topological polar surface area (TPSA) is 62.3 Å². The van der Waals surface area contributed by atoms with E-state index >= 15 is 0 Å². The lowest BCUT2D eigenvalue weighted by atomic mass is 10.0. The Morgan fingerprint density at radius 3 is 2.90 bits per heavy atom. The van der Waals surface area contributed by atoms with Gasteiger partial charge in [-0.25, -0.2) is 4.98 Å². The second-order valence-corrected chi connectivity index (χ2v) is 7.57. The number of hydrogen-bond acceptors (Lipinski definition) is 3. The second-order valence-electron chi connectivity index (χ2n) is 7.57. The molecule has 0 saturated carbocycles. The number of amides is 2. The first-order chi connectivity index (χ1) is 14.2. The van der Waals surface area contributed by atoms with Crippen LogP contribution in [-0.4, -0.2) is 34.8 Å². The first kappa shape index (κ1) is 19.1. The molecule has 0 atom stereocenters. The highest BCUT2D eigenvalue weighted by Gasteiger charge is 2.16. The average Bonchev–Trinajstić information content (AvgIpc) is 2.98. The number of carbonyl (C=O) groups is 2. The second kappa shape index (κ2) is 8.86. The summed E-state index contributed by atoms with van der Waals surface area (Å²) in [4.78, 5) is 30.3. The summed E-state index contributed by atoms with van der Waals surface area (Å²) in [6, 6.07) is 12.5. The van der Waals surface area contributed by atoms with Gasteiger partial charge in [-0.1, -0.05) is 42.0 Å². The lowest BCUT2D eigenvalue weighted by Crippen LogP contribution is -2.29. The van der Waals surface area contributed by atoms with Crippen molar-refractivity contribution in [1.29, 1.82) is 0 Å². The molecule has 4 rings (SSSR count).